The third-order valence-electron chi connectivity index (χ3n) is 4.81. The second-order valence-electron chi connectivity index (χ2n) is 6.73. The third kappa shape index (κ3) is 4.79. The van der Waals surface area contributed by atoms with Crippen LogP contribution in [0, 0.1) is 11.3 Å². The number of benzene rings is 2. The van der Waals surface area contributed by atoms with Crippen LogP contribution >= 0.6 is 23.4 Å². The summed E-state index contributed by atoms with van der Waals surface area (Å²) in [6.07, 6.45) is 1.77. The highest BCUT2D eigenvalue weighted by atomic mass is 35.5. The third-order valence-corrected chi connectivity index (χ3v) is 6.17. The van der Waals surface area contributed by atoms with E-state index in [0.29, 0.717) is 49.6 Å². The van der Waals surface area contributed by atoms with Crippen LogP contribution in [0.4, 0.5) is 5.69 Å². The first-order valence-electron chi connectivity index (χ1n) is 9.56. The summed E-state index contributed by atoms with van der Waals surface area (Å²) in [6, 6.07) is 16.7. The molecule has 1 aliphatic heterocycles. The molecule has 0 saturated carbocycles. The number of methoxy groups -OCH3 is 1. The maximum atomic E-state index is 13.5. The maximum absolute atomic E-state index is 13.5. The standard InChI is InChI=1S/C24H22ClN3O2S/c1-4-13-31-24-17(14-26)22(16-9-5-6-10-18(16)25)21(15(2)27-24)23(29)28-19-11-7-8-12-20(19)30-3/h4-12,22,27H,1,13H2,2-3H3,(H,28,29)/t22-/m0/s1. The van der Waals surface area contributed by atoms with Gasteiger partial charge in [0, 0.05) is 22.0 Å². The molecule has 0 spiro atoms. The molecule has 2 aromatic carbocycles. The Balaban J connectivity index is 2.10. The Morgan fingerprint density at radius 3 is 2.71 bits per heavy atom. The van der Waals surface area contributed by atoms with Gasteiger partial charge in [0.25, 0.3) is 5.91 Å². The Kier molecular flexibility index (Phi) is 7.45. The number of halogens is 1. The number of carbonyl (C=O) groups is 1. The van der Waals surface area contributed by atoms with Crippen molar-refractivity contribution in [2.24, 2.45) is 0 Å². The van der Waals surface area contributed by atoms with Crippen LogP contribution < -0.4 is 15.4 Å². The highest BCUT2D eigenvalue weighted by molar-refractivity contribution is 8.03. The van der Waals surface area contributed by atoms with E-state index >= 15 is 0 Å². The van der Waals surface area contributed by atoms with Crippen molar-refractivity contribution in [3.8, 4) is 11.8 Å². The number of hydrogen-bond donors (Lipinski definition) is 2. The first-order chi connectivity index (χ1) is 15.0. The second-order valence-corrected chi connectivity index (χ2v) is 8.16. The molecule has 0 aliphatic carbocycles. The Morgan fingerprint density at radius 2 is 2.03 bits per heavy atom. The number of allylic oxidation sites excluding steroid dienone is 2. The molecule has 0 aromatic heterocycles. The zero-order valence-electron chi connectivity index (χ0n) is 17.2. The van der Waals surface area contributed by atoms with Gasteiger partial charge in [-0.1, -0.05) is 48.0 Å². The van der Waals surface area contributed by atoms with Crippen molar-refractivity contribution in [3.63, 3.8) is 0 Å². The van der Waals surface area contributed by atoms with Crippen LogP contribution in [0.2, 0.25) is 5.02 Å². The zero-order valence-corrected chi connectivity index (χ0v) is 18.8. The molecular formula is C24H22ClN3O2S. The molecule has 1 heterocycles. The number of para-hydroxylation sites is 2. The SMILES string of the molecule is C=CCSC1=C(C#N)[C@H](c2ccccc2Cl)C(C(=O)Nc2ccccc2OC)=C(C)N1. The topological polar surface area (TPSA) is 74.2 Å². The van der Waals surface area contributed by atoms with Gasteiger partial charge in [-0.05, 0) is 30.7 Å². The summed E-state index contributed by atoms with van der Waals surface area (Å²) in [5.41, 5.74) is 2.77. The van der Waals surface area contributed by atoms with E-state index in [1.807, 2.05) is 37.3 Å². The maximum Gasteiger partial charge on any atom is 0.254 e. The van der Waals surface area contributed by atoms with Crippen molar-refractivity contribution >= 4 is 35.0 Å². The van der Waals surface area contributed by atoms with E-state index in [4.69, 9.17) is 16.3 Å². The second kappa shape index (κ2) is 10.3. The van der Waals surface area contributed by atoms with Crippen LogP contribution in [0.1, 0.15) is 18.4 Å². The summed E-state index contributed by atoms with van der Waals surface area (Å²) in [5.74, 6) is 0.228. The van der Waals surface area contributed by atoms with Gasteiger partial charge in [-0.25, -0.2) is 0 Å². The molecule has 2 aromatic rings. The number of dihydropyridines is 1. The fraction of sp³-hybridized carbons (Fsp3) is 0.167. The van der Waals surface area contributed by atoms with Crippen LogP contribution in [-0.2, 0) is 4.79 Å². The van der Waals surface area contributed by atoms with E-state index < -0.39 is 5.92 Å². The lowest BCUT2D eigenvalue weighted by Gasteiger charge is -2.30. The molecule has 0 fully saturated rings. The number of amides is 1. The molecular weight excluding hydrogens is 430 g/mol. The summed E-state index contributed by atoms with van der Waals surface area (Å²) < 4.78 is 5.35. The number of rotatable bonds is 7. The Morgan fingerprint density at radius 1 is 1.32 bits per heavy atom. The molecule has 0 bridgehead atoms. The van der Waals surface area contributed by atoms with Gasteiger partial charge >= 0.3 is 0 Å². The molecule has 1 atom stereocenters. The summed E-state index contributed by atoms with van der Waals surface area (Å²) in [5, 5.41) is 17.4. The van der Waals surface area contributed by atoms with Gasteiger partial charge in [0.15, 0.2) is 0 Å². The monoisotopic (exact) mass is 451 g/mol. The van der Waals surface area contributed by atoms with Crippen LogP contribution in [-0.4, -0.2) is 18.8 Å². The molecule has 7 heteroatoms. The molecule has 1 amide bonds. The fourth-order valence-electron chi connectivity index (χ4n) is 3.43. The number of ether oxygens (including phenoxy) is 1. The van der Waals surface area contributed by atoms with Crippen molar-refractivity contribution in [2.75, 3.05) is 18.2 Å². The summed E-state index contributed by atoms with van der Waals surface area (Å²) in [4.78, 5) is 13.5. The lowest BCUT2D eigenvalue weighted by atomic mass is 9.82. The predicted octanol–water partition coefficient (Wildman–Crippen LogP) is 5.60. The summed E-state index contributed by atoms with van der Waals surface area (Å²) >= 11 is 7.97. The van der Waals surface area contributed by atoms with Crippen LogP contribution in [0.25, 0.3) is 0 Å². The van der Waals surface area contributed by atoms with Gasteiger partial charge in [0.1, 0.15) is 5.75 Å². The van der Waals surface area contributed by atoms with Gasteiger partial charge < -0.3 is 15.4 Å². The minimum atomic E-state index is -0.609. The summed E-state index contributed by atoms with van der Waals surface area (Å²) in [7, 11) is 1.55. The highest BCUT2D eigenvalue weighted by Gasteiger charge is 2.35. The van der Waals surface area contributed by atoms with E-state index in [0.717, 1.165) is 0 Å². The van der Waals surface area contributed by atoms with Crippen molar-refractivity contribution in [3.05, 3.63) is 93.6 Å². The lowest BCUT2D eigenvalue weighted by molar-refractivity contribution is -0.113. The van der Waals surface area contributed by atoms with E-state index in [9.17, 15) is 10.1 Å². The normalized spacial score (nSPS) is 15.7. The van der Waals surface area contributed by atoms with Crippen molar-refractivity contribution < 1.29 is 9.53 Å². The first-order valence-corrected chi connectivity index (χ1v) is 10.9. The number of nitriles is 1. The van der Waals surface area contributed by atoms with E-state index in [2.05, 4.69) is 23.3 Å². The molecule has 3 rings (SSSR count). The quantitative estimate of drug-likeness (QED) is 0.536. The number of thioether (sulfide) groups is 1. The van der Waals surface area contributed by atoms with Crippen LogP contribution in [0.15, 0.2) is 83.1 Å². The van der Waals surface area contributed by atoms with Gasteiger partial charge in [0.05, 0.1) is 35.4 Å². The van der Waals surface area contributed by atoms with E-state index in [-0.39, 0.29) is 5.91 Å². The molecule has 5 nitrogen and oxygen atoms in total. The van der Waals surface area contributed by atoms with Gasteiger partial charge in [-0.2, -0.15) is 5.26 Å². The lowest BCUT2D eigenvalue weighted by Crippen LogP contribution is -2.31. The molecule has 31 heavy (non-hydrogen) atoms. The van der Waals surface area contributed by atoms with Gasteiger partial charge in [0.2, 0.25) is 0 Å². The fourth-order valence-corrected chi connectivity index (χ4v) is 4.50. The molecule has 1 aliphatic rings. The number of carbonyl (C=O) groups excluding carboxylic acids is 1. The molecule has 2 N–H and O–H groups in total. The minimum Gasteiger partial charge on any atom is -0.495 e. The molecule has 0 unspecified atom stereocenters. The smallest absolute Gasteiger partial charge is 0.254 e. The number of anilines is 1. The predicted molar refractivity (Wildman–Crippen MR) is 127 cm³/mol. The van der Waals surface area contributed by atoms with E-state index in [1.54, 1.807) is 31.4 Å². The van der Waals surface area contributed by atoms with E-state index in [1.165, 1.54) is 11.8 Å². The average molecular weight is 452 g/mol. The number of nitrogens with zero attached hydrogens (tertiary/aromatic N) is 1. The van der Waals surface area contributed by atoms with Crippen LogP contribution in [0.3, 0.4) is 0 Å². The summed E-state index contributed by atoms with van der Waals surface area (Å²) in [6.45, 7) is 5.57. The molecule has 0 saturated heterocycles. The Hall–Kier alpha value is -3.14. The van der Waals surface area contributed by atoms with Crippen LogP contribution in [0.5, 0.6) is 5.75 Å². The highest BCUT2D eigenvalue weighted by Crippen LogP contribution is 2.43. The zero-order chi connectivity index (χ0) is 22.4. The molecule has 158 valence electrons. The van der Waals surface area contributed by atoms with Crippen molar-refractivity contribution in [1.82, 2.24) is 5.32 Å². The van der Waals surface area contributed by atoms with Crippen molar-refractivity contribution in [2.45, 2.75) is 12.8 Å². The van der Waals surface area contributed by atoms with Crippen molar-refractivity contribution in [1.29, 1.82) is 5.26 Å². The first kappa shape index (κ1) is 22.5. The Bertz CT molecular complexity index is 1120. The van der Waals surface area contributed by atoms with Gasteiger partial charge in [-0.15, -0.1) is 18.3 Å². The Labute approximate surface area is 191 Å². The molecule has 0 radical (unpaired) electrons. The number of hydrogen-bond acceptors (Lipinski definition) is 5. The number of nitrogens with one attached hydrogen (secondary N) is 2. The minimum absolute atomic E-state index is 0.333. The van der Waals surface area contributed by atoms with Gasteiger partial charge in [-0.3, -0.25) is 4.79 Å². The average Bonchev–Trinajstić information content (AvgIpc) is 2.77. The largest absolute Gasteiger partial charge is 0.495 e.